The molecule has 2 saturated heterocycles. The first kappa shape index (κ1) is 14.1. The van der Waals surface area contributed by atoms with E-state index >= 15 is 0 Å². The fourth-order valence-corrected chi connectivity index (χ4v) is 4.41. The maximum Gasteiger partial charge on any atom is 0.227 e. The van der Waals surface area contributed by atoms with Gasteiger partial charge in [0.25, 0.3) is 0 Å². The van der Waals surface area contributed by atoms with Gasteiger partial charge in [0, 0.05) is 12.6 Å². The van der Waals surface area contributed by atoms with E-state index in [-0.39, 0.29) is 12.0 Å². The van der Waals surface area contributed by atoms with E-state index in [0.29, 0.717) is 18.6 Å². The van der Waals surface area contributed by atoms with Gasteiger partial charge in [0.1, 0.15) is 5.75 Å². The van der Waals surface area contributed by atoms with Gasteiger partial charge in [0.05, 0.1) is 18.6 Å². The number of rotatable bonds is 2. The predicted octanol–water partition coefficient (Wildman–Crippen LogP) is 2.28. The molecule has 0 aromatic heterocycles. The SMILES string of the molecule is CCOc1ccc2c(c1)CCN1C(=O)[C@H]3CCCN[C@H]3C[C@@H]21. The molecule has 0 radical (unpaired) electrons. The zero-order chi connectivity index (χ0) is 15.1. The van der Waals surface area contributed by atoms with Gasteiger partial charge in [-0.15, -0.1) is 0 Å². The molecule has 1 aromatic rings. The summed E-state index contributed by atoms with van der Waals surface area (Å²) in [4.78, 5) is 15.0. The normalized spacial score (nSPS) is 30.3. The van der Waals surface area contributed by atoms with E-state index in [4.69, 9.17) is 4.74 Å². The maximum atomic E-state index is 12.8. The number of nitrogens with zero attached hydrogens (tertiary/aromatic N) is 1. The average molecular weight is 300 g/mol. The minimum Gasteiger partial charge on any atom is -0.494 e. The molecule has 118 valence electrons. The number of benzene rings is 1. The lowest BCUT2D eigenvalue weighted by molar-refractivity contribution is -0.145. The van der Waals surface area contributed by atoms with E-state index in [2.05, 4.69) is 28.4 Å². The van der Waals surface area contributed by atoms with Gasteiger partial charge in [0.2, 0.25) is 5.91 Å². The number of hydrogen-bond acceptors (Lipinski definition) is 3. The molecule has 4 nitrogen and oxygen atoms in total. The summed E-state index contributed by atoms with van der Waals surface area (Å²) >= 11 is 0. The van der Waals surface area contributed by atoms with Crippen molar-refractivity contribution in [2.45, 2.75) is 44.7 Å². The number of carbonyl (C=O) groups excluding carboxylic acids is 1. The zero-order valence-electron chi connectivity index (χ0n) is 13.2. The molecule has 0 spiro atoms. The van der Waals surface area contributed by atoms with Crippen LogP contribution in [0.25, 0.3) is 0 Å². The Labute approximate surface area is 131 Å². The van der Waals surface area contributed by atoms with Crippen molar-refractivity contribution in [2.75, 3.05) is 19.7 Å². The van der Waals surface area contributed by atoms with E-state index in [0.717, 1.165) is 44.5 Å². The number of hydrogen-bond donors (Lipinski definition) is 1. The van der Waals surface area contributed by atoms with Crippen LogP contribution in [0.2, 0.25) is 0 Å². The highest BCUT2D eigenvalue weighted by atomic mass is 16.5. The third kappa shape index (κ3) is 2.21. The van der Waals surface area contributed by atoms with Crippen LogP contribution in [0.15, 0.2) is 18.2 Å². The van der Waals surface area contributed by atoms with Crippen LogP contribution in [0.3, 0.4) is 0 Å². The van der Waals surface area contributed by atoms with E-state index < -0.39 is 0 Å². The van der Waals surface area contributed by atoms with Crippen molar-refractivity contribution in [1.82, 2.24) is 10.2 Å². The number of ether oxygens (including phenoxy) is 1. The Morgan fingerprint density at radius 1 is 1.41 bits per heavy atom. The van der Waals surface area contributed by atoms with Gasteiger partial charge in [-0.25, -0.2) is 0 Å². The van der Waals surface area contributed by atoms with Crippen LogP contribution in [0, 0.1) is 5.92 Å². The highest BCUT2D eigenvalue weighted by molar-refractivity contribution is 5.81. The number of carbonyl (C=O) groups is 1. The van der Waals surface area contributed by atoms with Gasteiger partial charge < -0.3 is 15.0 Å². The second-order valence-corrected chi connectivity index (χ2v) is 6.64. The van der Waals surface area contributed by atoms with Crippen LogP contribution in [0.1, 0.15) is 43.4 Å². The topological polar surface area (TPSA) is 41.6 Å². The molecule has 1 aromatic carbocycles. The van der Waals surface area contributed by atoms with E-state index in [1.807, 2.05) is 6.92 Å². The number of fused-ring (bicyclic) bond motifs is 4. The first-order valence-electron chi connectivity index (χ1n) is 8.57. The molecule has 1 N–H and O–H groups in total. The quantitative estimate of drug-likeness (QED) is 0.911. The first-order valence-corrected chi connectivity index (χ1v) is 8.57. The monoisotopic (exact) mass is 300 g/mol. The standard InChI is InChI=1S/C18H24N2O2/c1-2-22-13-5-6-14-12(10-13)7-9-20-17(14)11-16-15(18(20)21)4-3-8-19-16/h5-6,10,15-17,19H,2-4,7-9,11H2,1H3/t15-,16-,17-/m0/s1. The Kier molecular flexibility index (Phi) is 3.57. The average Bonchev–Trinajstić information content (AvgIpc) is 2.55. The molecule has 22 heavy (non-hydrogen) atoms. The summed E-state index contributed by atoms with van der Waals surface area (Å²) in [6.45, 7) is 4.61. The van der Waals surface area contributed by atoms with E-state index in [9.17, 15) is 4.79 Å². The second-order valence-electron chi connectivity index (χ2n) is 6.64. The van der Waals surface area contributed by atoms with Gasteiger partial charge in [-0.1, -0.05) is 6.07 Å². The number of piperidine rings is 2. The Balaban J connectivity index is 1.65. The lowest BCUT2D eigenvalue weighted by Gasteiger charge is -2.48. The van der Waals surface area contributed by atoms with Crippen molar-refractivity contribution in [3.8, 4) is 5.75 Å². The largest absolute Gasteiger partial charge is 0.494 e. The molecule has 4 heteroatoms. The van der Waals surface area contributed by atoms with Gasteiger partial charge in [-0.05, 0) is 62.4 Å². The molecule has 3 heterocycles. The summed E-state index contributed by atoms with van der Waals surface area (Å²) in [6, 6.07) is 7.00. The molecule has 0 unspecified atom stereocenters. The molecule has 3 aliphatic heterocycles. The zero-order valence-corrected chi connectivity index (χ0v) is 13.2. The van der Waals surface area contributed by atoms with Gasteiger partial charge in [-0.3, -0.25) is 4.79 Å². The van der Waals surface area contributed by atoms with Gasteiger partial charge in [0.15, 0.2) is 0 Å². The molecule has 3 atom stereocenters. The van der Waals surface area contributed by atoms with Crippen molar-refractivity contribution in [3.63, 3.8) is 0 Å². The Morgan fingerprint density at radius 2 is 2.32 bits per heavy atom. The molecule has 3 aliphatic rings. The number of nitrogens with one attached hydrogen (secondary N) is 1. The molecular weight excluding hydrogens is 276 g/mol. The van der Waals surface area contributed by atoms with Crippen LogP contribution in [-0.4, -0.2) is 36.5 Å². The fraction of sp³-hybridized carbons (Fsp3) is 0.611. The highest BCUT2D eigenvalue weighted by Gasteiger charge is 2.44. The van der Waals surface area contributed by atoms with E-state index in [1.54, 1.807) is 0 Å². The summed E-state index contributed by atoms with van der Waals surface area (Å²) in [5.41, 5.74) is 2.68. The van der Waals surface area contributed by atoms with Gasteiger partial charge >= 0.3 is 0 Å². The van der Waals surface area contributed by atoms with Crippen LogP contribution in [0.4, 0.5) is 0 Å². The third-order valence-electron chi connectivity index (χ3n) is 5.44. The minimum absolute atomic E-state index is 0.203. The van der Waals surface area contributed by atoms with Crippen LogP contribution in [0.5, 0.6) is 5.75 Å². The smallest absolute Gasteiger partial charge is 0.227 e. The highest BCUT2D eigenvalue weighted by Crippen LogP contribution is 2.41. The van der Waals surface area contributed by atoms with Crippen molar-refractivity contribution < 1.29 is 9.53 Å². The maximum absolute atomic E-state index is 12.8. The predicted molar refractivity (Wildman–Crippen MR) is 84.9 cm³/mol. The third-order valence-corrected chi connectivity index (χ3v) is 5.44. The summed E-state index contributed by atoms with van der Waals surface area (Å²) in [5.74, 6) is 1.52. The summed E-state index contributed by atoms with van der Waals surface area (Å²) in [7, 11) is 0. The first-order chi connectivity index (χ1) is 10.8. The van der Waals surface area contributed by atoms with Crippen LogP contribution < -0.4 is 10.1 Å². The van der Waals surface area contributed by atoms with Crippen molar-refractivity contribution in [3.05, 3.63) is 29.3 Å². The lowest BCUT2D eigenvalue weighted by Crippen LogP contribution is -2.57. The summed E-state index contributed by atoms with van der Waals surface area (Å²) in [5, 5.41) is 3.57. The molecule has 0 bridgehead atoms. The number of amides is 1. The second kappa shape index (κ2) is 5.58. The summed E-state index contributed by atoms with van der Waals surface area (Å²) in [6.07, 6.45) is 4.18. The molecule has 0 saturated carbocycles. The summed E-state index contributed by atoms with van der Waals surface area (Å²) < 4.78 is 5.62. The fourth-order valence-electron chi connectivity index (χ4n) is 4.41. The van der Waals surface area contributed by atoms with Gasteiger partial charge in [-0.2, -0.15) is 0 Å². The van der Waals surface area contributed by atoms with Crippen LogP contribution in [-0.2, 0) is 11.2 Å². The lowest BCUT2D eigenvalue weighted by atomic mass is 9.77. The Hall–Kier alpha value is -1.55. The minimum atomic E-state index is 0.203. The Bertz CT molecular complexity index is 586. The van der Waals surface area contributed by atoms with Crippen LogP contribution >= 0.6 is 0 Å². The van der Waals surface area contributed by atoms with Crippen molar-refractivity contribution in [1.29, 1.82) is 0 Å². The molecule has 2 fully saturated rings. The van der Waals surface area contributed by atoms with Crippen molar-refractivity contribution >= 4 is 5.91 Å². The Morgan fingerprint density at radius 3 is 3.18 bits per heavy atom. The molecular formula is C18H24N2O2. The van der Waals surface area contributed by atoms with E-state index in [1.165, 1.54) is 11.1 Å². The van der Waals surface area contributed by atoms with Crippen molar-refractivity contribution in [2.24, 2.45) is 5.92 Å². The molecule has 0 aliphatic carbocycles. The molecule has 1 amide bonds. The molecule has 4 rings (SSSR count).